The summed E-state index contributed by atoms with van der Waals surface area (Å²) >= 11 is 0. The number of rotatable bonds is 8. The molecule has 0 saturated carbocycles. The summed E-state index contributed by atoms with van der Waals surface area (Å²) in [6.45, 7) is 13.1. The first-order valence-corrected chi connectivity index (χ1v) is 9.63. The van der Waals surface area contributed by atoms with E-state index in [9.17, 15) is 8.42 Å². The van der Waals surface area contributed by atoms with Gasteiger partial charge in [0.2, 0.25) is 0 Å². The molecular formula is C18H30O4S. The molecular weight excluding hydrogens is 312 g/mol. The van der Waals surface area contributed by atoms with Crippen LogP contribution in [0.2, 0.25) is 0 Å². The predicted molar refractivity (Wildman–Crippen MR) is 94.4 cm³/mol. The Bertz CT molecular complexity index is 580. The molecule has 1 rings (SSSR count). The number of ether oxygens (including phenoxy) is 1. The number of hydrogen-bond acceptors (Lipinski definition) is 4. The highest BCUT2D eigenvalue weighted by molar-refractivity contribution is 7.86. The van der Waals surface area contributed by atoms with E-state index in [1.54, 1.807) is 6.92 Å². The average molecular weight is 343 g/mol. The Morgan fingerprint density at radius 1 is 1.00 bits per heavy atom. The third kappa shape index (κ3) is 7.36. The van der Waals surface area contributed by atoms with Crippen LogP contribution in [0.15, 0.2) is 24.3 Å². The second-order valence-corrected chi connectivity index (χ2v) is 9.42. The van der Waals surface area contributed by atoms with Crippen molar-refractivity contribution in [3.8, 4) is 5.75 Å². The van der Waals surface area contributed by atoms with Crippen molar-refractivity contribution >= 4 is 10.1 Å². The molecule has 1 aromatic carbocycles. The van der Waals surface area contributed by atoms with Crippen LogP contribution in [0, 0.1) is 5.41 Å². The van der Waals surface area contributed by atoms with Crippen molar-refractivity contribution in [3.05, 3.63) is 29.8 Å². The third-order valence-electron chi connectivity index (χ3n) is 3.51. The largest absolute Gasteiger partial charge is 0.492 e. The first-order valence-electron chi connectivity index (χ1n) is 8.06. The fourth-order valence-electron chi connectivity index (χ4n) is 2.93. The van der Waals surface area contributed by atoms with Crippen molar-refractivity contribution in [2.45, 2.75) is 53.4 Å². The summed E-state index contributed by atoms with van der Waals surface area (Å²) in [4.78, 5) is 0. The SMILES string of the molecule is CCOS(=O)(=O)CCOc1ccc(C(C)(C)CC(C)(C)C)cc1. The van der Waals surface area contributed by atoms with Gasteiger partial charge >= 0.3 is 0 Å². The molecule has 0 heterocycles. The highest BCUT2D eigenvalue weighted by atomic mass is 32.2. The summed E-state index contributed by atoms with van der Waals surface area (Å²) in [6.07, 6.45) is 1.08. The lowest BCUT2D eigenvalue weighted by Crippen LogP contribution is -2.24. The predicted octanol–water partition coefficient (Wildman–Crippen LogP) is 4.15. The quantitative estimate of drug-likeness (QED) is 0.666. The van der Waals surface area contributed by atoms with Gasteiger partial charge in [0.15, 0.2) is 0 Å². The highest BCUT2D eigenvalue weighted by Crippen LogP contribution is 2.36. The molecule has 0 saturated heterocycles. The lowest BCUT2D eigenvalue weighted by Gasteiger charge is -2.33. The zero-order valence-electron chi connectivity index (χ0n) is 15.2. The highest BCUT2D eigenvalue weighted by Gasteiger charge is 2.27. The molecule has 0 unspecified atom stereocenters. The Morgan fingerprint density at radius 2 is 1.57 bits per heavy atom. The molecule has 0 amide bonds. The molecule has 0 N–H and O–H groups in total. The Labute approximate surface area is 141 Å². The zero-order chi connectivity index (χ0) is 17.7. The smallest absolute Gasteiger partial charge is 0.270 e. The molecule has 0 atom stereocenters. The van der Waals surface area contributed by atoms with E-state index in [1.807, 2.05) is 12.1 Å². The maximum atomic E-state index is 11.4. The van der Waals surface area contributed by atoms with Crippen molar-refractivity contribution in [1.29, 1.82) is 0 Å². The van der Waals surface area contributed by atoms with Crippen LogP contribution < -0.4 is 4.74 Å². The Kier molecular flexibility index (Phi) is 6.66. The van der Waals surface area contributed by atoms with Gasteiger partial charge in [-0.1, -0.05) is 46.8 Å². The van der Waals surface area contributed by atoms with E-state index in [2.05, 4.69) is 50.9 Å². The van der Waals surface area contributed by atoms with Crippen molar-refractivity contribution in [1.82, 2.24) is 0 Å². The van der Waals surface area contributed by atoms with Crippen LogP contribution in [-0.4, -0.2) is 27.4 Å². The second-order valence-electron chi connectivity index (χ2n) is 7.66. The maximum absolute atomic E-state index is 11.4. The molecule has 132 valence electrons. The summed E-state index contributed by atoms with van der Waals surface area (Å²) in [5.74, 6) is 0.532. The minimum atomic E-state index is -3.48. The van der Waals surface area contributed by atoms with Crippen LogP contribution >= 0.6 is 0 Å². The van der Waals surface area contributed by atoms with E-state index < -0.39 is 10.1 Å². The first-order chi connectivity index (χ1) is 10.5. The Morgan fingerprint density at radius 3 is 2.04 bits per heavy atom. The fourth-order valence-corrected chi connectivity index (χ4v) is 3.69. The Hall–Kier alpha value is -1.07. The minimum Gasteiger partial charge on any atom is -0.492 e. The van der Waals surface area contributed by atoms with Crippen molar-refractivity contribution < 1.29 is 17.3 Å². The molecule has 23 heavy (non-hydrogen) atoms. The van der Waals surface area contributed by atoms with Gasteiger partial charge in [0.1, 0.15) is 18.1 Å². The van der Waals surface area contributed by atoms with E-state index in [-0.39, 0.29) is 29.8 Å². The van der Waals surface area contributed by atoms with Gasteiger partial charge in [-0.25, -0.2) is 0 Å². The standard InChI is InChI=1S/C18H30O4S/c1-7-22-23(19,20)13-12-21-16-10-8-15(9-11-16)18(5,6)14-17(2,3)4/h8-11H,7,12-14H2,1-6H3. The lowest BCUT2D eigenvalue weighted by molar-refractivity contribution is 0.283. The van der Waals surface area contributed by atoms with E-state index in [0.29, 0.717) is 5.75 Å². The van der Waals surface area contributed by atoms with E-state index in [4.69, 9.17) is 4.74 Å². The van der Waals surface area contributed by atoms with Gasteiger partial charge in [-0.2, -0.15) is 8.42 Å². The van der Waals surface area contributed by atoms with E-state index in [0.717, 1.165) is 6.42 Å². The van der Waals surface area contributed by atoms with Gasteiger partial charge in [-0.15, -0.1) is 0 Å². The van der Waals surface area contributed by atoms with Gasteiger partial charge in [0, 0.05) is 0 Å². The van der Waals surface area contributed by atoms with Crippen molar-refractivity contribution in [2.24, 2.45) is 5.41 Å². The summed E-state index contributed by atoms with van der Waals surface area (Å²) < 4.78 is 33.0. The van der Waals surface area contributed by atoms with Crippen LogP contribution in [0.5, 0.6) is 5.75 Å². The monoisotopic (exact) mass is 342 g/mol. The third-order valence-corrected chi connectivity index (χ3v) is 4.77. The molecule has 5 heteroatoms. The average Bonchev–Trinajstić information content (AvgIpc) is 2.36. The summed E-state index contributed by atoms with van der Waals surface area (Å²) in [6, 6.07) is 7.90. The summed E-state index contributed by atoms with van der Waals surface area (Å²) in [5.41, 5.74) is 1.59. The normalized spacial score (nSPS) is 13.1. The van der Waals surface area contributed by atoms with Gasteiger partial charge in [-0.3, -0.25) is 4.18 Å². The topological polar surface area (TPSA) is 52.6 Å². The second kappa shape index (κ2) is 7.67. The van der Waals surface area contributed by atoms with Crippen molar-refractivity contribution in [3.63, 3.8) is 0 Å². The number of benzene rings is 1. The molecule has 0 spiro atoms. The maximum Gasteiger partial charge on any atom is 0.270 e. The van der Waals surface area contributed by atoms with Crippen LogP contribution in [0.4, 0.5) is 0 Å². The minimum absolute atomic E-state index is 0.0785. The molecule has 0 aromatic heterocycles. The molecule has 0 aliphatic heterocycles. The van der Waals surface area contributed by atoms with Gasteiger partial charge < -0.3 is 4.74 Å². The molecule has 4 nitrogen and oxygen atoms in total. The van der Waals surface area contributed by atoms with Crippen LogP contribution in [0.3, 0.4) is 0 Å². The first kappa shape index (κ1) is 20.0. The van der Waals surface area contributed by atoms with Gasteiger partial charge in [-0.05, 0) is 41.9 Å². The summed E-state index contributed by atoms with van der Waals surface area (Å²) in [7, 11) is -3.48. The van der Waals surface area contributed by atoms with Crippen molar-refractivity contribution in [2.75, 3.05) is 19.0 Å². The van der Waals surface area contributed by atoms with Gasteiger partial charge in [0.05, 0.1) is 6.61 Å². The molecule has 0 fully saturated rings. The molecule has 0 radical (unpaired) electrons. The van der Waals surface area contributed by atoms with Crippen LogP contribution in [0.1, 0.15) is 53.5 Å². The lowest BCUT2D eigenvalue weighted by atomic mass is 9.72. The van der Waals surface area contributed by atoms with E-state index in [1.165, 1.54) is 5.56 Å². The fraction of sp³-hybridized carbons (Fsp3) is 0.667. The molecule has 0 bridgehead atoms. The van der Waals surface area contributed by atoms with Crippen LogP contribution in [-0.2, 0) is 19.7 Å². The molecule has 0 aliphatic rings. The number of hydrogen-bond donors (Lipinski definition) is 0. The summed E-state index contributed by atoms with van der Waals surface area (Å²) in [5, 5.41) is 0. The van der Waals surface area contributed by atoms with Crippen LogP contribution in [0.25, 0.3) is 0 Å². The molecule has 1 aromatic rings. The molecule has 0 aliphatic carbocycles. The van der Waals surface area contributed by atoms with Gasteiger partial charge in [0.25, 0.3) is 10.1 Å². The Balaban J connectivity index is 2.63. The van der Waals surface area contributed by atoms with E-state index >= 15 is 0 Å². The zero-order valence-corrected chi connectivity index (χ0v) is 16.0.